The molecule has 1 amide bonds. The third-order valence-corrected chi connectivity index (χ3v) is 4.86. The van der Waals surface area contributed by atoms with Crippen molar-refractivity contribution in [3.63, 3.8) is 0 Å². The Balaban J connectivity index is 1.39. The van der Waals surface area contributed by atoms with E-state index in [0.29, 0.717) is 5.92 Å². The highest BCUT2D eigenvalue weighted by Crippen LogP contribution is 2.23. The zero-order valence-corrected chi connectivity index (χ0v) is 15.2. The van der Waals surface area contributed by atoms with Crippen LogP contribution in [0.25, 0.3) is 0 Å². The molecule has 5 heteroatoms. The second-order valence-electron chi connectivity index (χ2n) is 7.15. The van der Waals surface area contributed by atoms with E-state index in [1.165, 1.54) is 11.1 Å². The minimum Gasteiger partial charge on any atom is -0.494 e. The Morgan fingerprint density at radius 3 is 2.88 bits per heavy atom. The van der Waals surface area contributed by atoms with Gasteiger partial charge in [-0.3, -0.25) is 4.99 Å². The zero-order chi connectivity index (χ0) is 17.6. The first kappa shape index (κ1) is 17.8. The summed E-state index contributed by atoms with van der Waals surface area (Å²) in [5.74, 6) is 1.57. The van der Waals surface area contributed by atoms with Crippen LogP contribution in [0.5, 0.6) is 5.75 Å². The van der Waals surface area contributed by atoms with Crippen molar-refractivity contribution < 1.29 is 14.3 Å². The topological polar surface area (TPSA) is 51.1 Å². The number of aliphatic imine (C=N–C) groups is 1. The summed E-state index contributed by atoms with van der Waals surface area (Å²) >= 11 is 0. The van der Waals surface area contributed by atoms with Crippen molar-refractivity contribution in [2.45, 2.75) is 45.6 Å². The van der Waals surface area contributed by atoms with Gasteiger partial charge in [0.05, 0.1) is 12.7 Å². The second kappa shape index (κ2) is 8.37. The van der Waals surface area contributed by atoms with Crippen LogP contribution in [0.15, 0.2) is 23.2 Å². The SMILES string of the molecule is CC(C)OC(=O)N1CCC(CCOc2ccc3c(c2)CCN=C3)CC1. The summed E-state index contributed by atoms with van der Waals surface area (Å²) in [6, 6.07) is 6.26. The first-order chi connectivity index (χ1) is 12.1. The normalized spacial score (nSPS) is 17.5. The van der Waals surface area contributed by atoms with Gasteiger partial charge in [-0.05, 0) is 74.8 Å². The molecule has 0 radical (unpaired) electrons. The number of nitrogens with zero attached hydrogens (tertiary/aromatic N) is 2. The summed E-state index contributed by atoms with van der Waals surface area (Å²) in [5.41, 5.74) is 2.53. The number of fused-ring (bicyclic) bond motifs is 1. The zero-order valence-electron chi connectivity index (χ0n) is 15.2. The number of hydrogen-bond donors (Lipinski definition) is 0. The molecule has 2 heterocycles. The number of likely N-dealkylation sites (tertiary alicyclic amines) is 1. The van der Waals surface area contributed by atoms with Crippen LogP contribution in [0.3, 0.4) is 0 Å². The molecule has 1 aromatic rings. The minimum atomic E-state index is -0.178. The fourth-order valence-corrected chi connectivity index (χ4v) is 3.39. The maximum absolute atomic E-state index is 11.9. The third-order valence-electron chi connectivity index (χ3n) is 4.86. The Morgan fingerprint density at radius 2 is 2.12 bits per heavy atom. The molecule has 25 heavy (non-hydrogen) atoms. The molecule has 136 valence electrons. The Bertz CT molecular complexity index is 619. The molecule has 0 spiro atoms. The van der Waals surface area contributed by atoms with Crippen molar-refractivity contribution in [1.82, 2.24) is 4.90 Å². The summed E-state index contributed by atoms with van der Waals surface area (Å²) in [7, 11) is 0. The Kier molecular flexibility index (Phi) is 5.95. The lowest BCUT2D eigenvalue weighted by Gasteiger charge is -2.31. The Hall–Kier alpha value is -2.04. The molecule has 0 atom stereocenters. The van der Waals surface area contributed by atoms with Crippen molar-refractivity contribution in [3.05, 3.63) is 29.3 Å². The van der Waals surface area contributed by atoms with Gasteiger partial charge in [0.1, 0.15) is 5.75 Å². The molecule has 5 nitrogen and oxygen atoms in total. The molecule has 0 N–H and O–H groups in total. The number of carbonyl (C=O) groups is 1. The number of benzene rings is 1. The van der Waals surface area contributed by atoms with Gasteiger partial charge in [0, 0.05) is 25.8 Å². The molecule has 2 aliphatic heterocycles. The van der Waals surface area contributed by atoms with Gasteiger partial charge in [-0.25, -0.2) is 4.79 Å². The van der Waals surface area contributed by atoms with Gasteiger partial charge in [-0.1, -0.05) is 0 Å². The van der Waals surface area contributed by atoms with Crippen LogP contribution in [0.2, 0.25) is 0 Å². The lowest BCUT2D eigenvalue weighted by molar-refractivity contribution is 0.0637. The number of ether oxygens (including phenoxy) is 2. The molecule has 0 saturated carbocycles. The quantitative estimate of drug-likeness (QED) is 0.818. The van der Waals surface area contributed by atoms with Gasteiger partial charge in [0.25, 0.3) is 0 Å². The van der Waals surface area contributed by atoms with Crippen LogP contribution in [0.1, 0.15) is 44.2 Å². The van der Waals surface area contributed by atoms with Crippen LogP contribution in [-0.2, 0) is 11.2 Å². The smallest absolute Gasteiger partial charge is 0.410 e. The molecule has 0 aliphatic carbocycles. The minimum absolute atomic E-state index is 0.0542. The Morgan fingerprint density at radius 1 is 1.32 bits per heavy atom. The average molecular weight is 344 g/mol. The highest BCUT2D eigenvalue weighted by atomic mass is 16.6. The van der Waals surface area contributed by atoms with E-state index in [9.17, 15) is 4.79 Å². The van der Waals surface area contributed by atoms with Gasteiger partial charge in [-0.2, -0.15) is 0 Å². The molecule has 3 rings (SSSR count). The van der Waals surface area contributed by atoms with Gasteiger partial charge in [-0.15, -0.1) is 0 Å². The Labute approximate surface area is 150 Å². The predicted octanol–water partition coefficient (Wildman–Crippen LogP) is 3.69. The molecular formula is C20H28N2O3. The summed E-state index contributed by atoms with van der Waals surface area (Å²) < 4.78 is 11.2. The number of rotatable bonds is 5. The van der Waals surface area contributed by atoms with E-state index in [-0.39, 0.29) is 12.2 Å². The van der Waals surface area contributed by atoms with E-state index >= 15 is 0 Å². The average Bonchev–Trinajstić information content (AvgIpc) is 2.61. The molecule has 0 unspecified atom stereocenters. The van der Waals surface area contributed by atoms with Crippen LogP contribution in [0.4, 0.5) is 4.79 Å². The lowest BCUT2D eigenvalue weighted by atomic mass is 9.94. The fraction of sp³-hybridized carbons (Fsp3) is 0.600. The molecule has 0 bridgehead atoms. The van der Waals surface area contributed by atoms with E-state index in [1.807, 2.05) is 31.0 Å². The maximum Gasteiger partial charge on any atom is 0.410 e. The van der Waals surface area contributed by atoms with Gasteiger partial charge in [0.2, 0.25) is 0 Å². The summed E-state index contributed by atoms with van der Waals surface area (Å²) in [5, 5.41) is 0. The van der Waals surface area contributed by atoms with Crippen molar-refractivity contribution in [2.75, 3.05) is 26.2 Å². The van der Waals surface area contributed by atoms with Crippen LogP contribution < -0.4 is 4.74 Å². The fourth-order valence-electron chi connectivity index (χ4n) is 3.39. The van der Waals surface area contributed by atoms with E-state index < -0.39 is 0 Å². The van der Waals surface area contributed by atoms with Crippen LogP contribution in [-0.4, -0.2) is 49.6 Å². The maximum atomic E-state index is 11.9. The van der Waals surface area contributed by atoms with Crippen LogP contribution in [0, 0.1) is 5.92 Å². The van der Waals surface area contributed by atoms with E-state index in [1.54, 1.807) is 0 Å². The number of piperidine rings is 1. The molecule has 1 saturated heterocycles. The highest BCUT2D eigenvalue weighted by molar-refractivity contribution is 5.83. The summed E-state index contributed by atoms with van der Waals surface area (Å²) in [4.78, 5) is 18.0. The molecule has 1 fully saturated rings. The third kappa shape index (κ3) is 4.97. The largest absolute Gasteiger partial charge is 0.494 e. The van der Waals surface area contributed by atoms with Crippen LogP contribution >= 0.6 is 0 Å². The van der Waals surface area contributed by atoms with Crippen molar-refractivity contribution >= 4 is 12.3 Å². The van der Waals surface area contributed by atoms with Crippen molar-refractivity contribution in [3.8, 4) is 5.75 Å². The number of carbonyl (C=O) groups excluding carboxylic acids is 1. The van der Waals surface area contributed by atoms with E-state index in [0.717, 1.165) is 57.7 Å². The highest BCUT2D eigenvalue weighted by Gasteiger charge is 2.24. The van der Waals surface area contributed by atoms with E-state index in [4.69, 9.17) is 9.47 Å². The molecular weight excluding hydrogens is 316 g/mol. The standard InChI is InChI=1S/C20H28N2O3/c1-15(2)25-20(23)22-10-6-16(7-11-22)8-12-24-19-4-3-18-14-21-9-5-17(18)13-19/h3-4,13-16H,5-12H2,1-2H3. The predicted molar refractivity (Wildman–Crippen MR) is 98.6 cm³/mol. The first-order valence-electron chi connectivity index (χ1n) is 9.33. The monoisotopic (exact) mass is 344 g/mol. The molecule has 1 aromatic carbocycles. The van der Waals surface area contributed by atoms with Gasteiger partial charge in [0.15, 0.2) is 0 Å². The van der Waals surface area contributed by atoms with Gasteiger partial charge < -0.3 is 14.4 Å². The summed E-state index contributed by atoms with van der Waals surface area (Å²) in [6.07, 6.45) is 5.79. The van der Waals surface area contributed by atoms with Crippen molar-refractivity contribution in [1.29, 1.82) is 0 Å². The number of amides is 1. The first-order valence-corrected chi connectivity index (χ1v) is 9.33. The van der Waals surface area contributed by atoms with E-state index in [2.05, 4.69) is 17.1 Å². The van der Waals surface area contributed by atoms with Crippen molar-refractivity contribution in [2.24, 2.45) is 10.9 Å². The number of hydrogen-bond acceptors (Lipinski definition) is 4. The second-order valence-corrected chi connectivity index (χ2v) is 7.15. The molecule has 0 aromatic heterocycles. The summed E-state index contributed by atoms with van der Waals surface area (Å²) in [6.45, 7) is 6.94. The lowest BCUT2D eigenvalue weighted by Crippen LogP contribution is -2.39. The van der Waals surface area contributed by atoms with Gasteiger partial charge >= 0.3 is 6.09 Å². The molecule has 2 aliphatic rings.